The van der Waals surface area contributed by atoms with Gasteiger partial charge in [-0.2, -0.15) is 0 Å². The minimum atomic E-state index is 0.527. The summed E-state index contributed by atoms with van der Waals surface area (Å²) >= 11 is 3.44. The van der Waals surface area contributed by atoms with E-state index >= 15 is 0 Å². The molecule has 90 valence electrons. The van der Waals surface area contributed by atoms with Gasteiger partial charge < -0.3 is 4.74 Å². The van der Waals surface area contributed by atoms with Crippen LogP contribution in [0.3, 0.4) is 0 Å². The maximum atomic E-state index is 5.83. The molecule has 0 aliphatic carbocycles. The maximum absolute atomic E-state index is 5.83. The average Bonchev–Trinajstić information content (AvgIpc) is 2.29. The van der Waals surface area contributed by atoms with Crippen LogP contribution in [0.25, 0.3) is 0 Å². The molecule has 0 spiro atoms. The molecule has 0 aliphatic rings. The molecule has 1 rings (SSSR count). The molecular formula is C14H21BrO. The van der Waals surface area contributed by atoms with Gasteiger partial charge in [0.2, 0.25) is 0 Å². The molecule has 0 heterocycles. The first kappa shape index (κ1) is 13.6. The van der Waals surface area contributed by atoms with E-state index in [1.54, 1.807) is 0 Å². The van der Waals surface area contributed by atoms with Gasteiger partial charge in [-0.25, -0.2) is 0 Å². The van der Waals surface area contributed by atoms with Crippen molar-refractivity contribution >= 4 is 15.9 Å². The zero-order valence-corrected chi connectivity index (χ0v) is 11.8. The molecule has 0 fully saturated rings. The summed E-state index contributed by atoms with van der Waals surface area (Å²) in [6.45, 7) is 5.23. The van der Waals surface area contributed by atoms with E-state index in [4.69, 9.17) is 4.74 Å². The Morgan fingerprint density at radius 1 is 1.12 bits per heavy atom. The Morgan fingerprint density at radius 2 is 1.88 bits per heavy atom. The zero-order chi connectivity index (χ0) is 11.8. The fraction of sp³-hybridized carbons (Fsp3) is 0.571. The monoisotopic (exact) mass is 284 g/mol. The summed E-state index contributed by atoms with van der Waals surface area (Å²) in [5.74, 6) is 1.58. The van der Waals surface area contributed by atoms with Crippen LogP contribution in [0.15, 0.2) is 24.3 Å². The Labute approximate surface area is 107 Å². The van der Waals surface area contributed by atoms with Gasteiger partial charge >= 0.3 is 0 Å². The lowest BCUT2D eigenvalue weighted by molar-refractivity contribution is 0.302. The van der Waals surface area contributed by atoms with Crippen LogP contribution in [0.4, 0.5) is 0 Å². The second-order valence-electron chi connectivity index (χ2n) is 4.29. The van der Waals surface area contributed by atoms with Gasteiger partial charge in [0.25, 0.3) is 0 Å². The molecule has 0 saturated heterocycles. The predicted octanol–water partition coefficient (Wildman–Crippen LogP) is 4.75. The zero-order valence-electron chi connectivity index (χ0n) is 10.2. The highest BCUT2D eigenvalue weighted by atomic mass is 79.9. The van der Waals surface area contributed by atoms with Gasteiger partial charge in [-0.05, 0) is 36.8 Å². The third-order valence-electron chi connectivity index (χ3n) is 2.58. The number of alkyl halides is 1. The normalized spacial score (nSPS) is 10.8. The van der Waals surface area contributed by atoms with Crippen molar-refractivity contribution in [3.05, 3.63) is 29.8 Å². The Hall–Kier alpha value is -0.500. The quantitative estimate of drug-likeness (QED) is 0.518. The van der Waals surface area contributed by atoms with Crippen LogP contribution in [-0.2, 0) is 0 Å². The van der Waals surface area contributed by atoms with E-state index in [-0.39, 0.29) is 0 Å². The maximum Gasteiger partial charge on any atom is 0.122 e. The summed E-state index contributed by atoms with van der Waals surface area (Å²) < 4.78 is 5.83. The van der Waals surface area contributed by atoms with Gasteiger partial charge in [-0.3, -0.25) is 0 Å². The molecule has 0 radical (unpaired) electrons. The first-order chi connectivity index (χ1) is 7.75. The van der Waals surface area contributed by atoms with Crippen LogP contribution in [0.5, 0.6) is 5.75 Å². The van der Waals surface area contributed by atoms with Crippen molar-refractivity contribution in [1.82, 2.24) is 0 Å². The second kappa shape index (κ2) is 7.72. The van der Waals surface area contributed by atoms with Gasteiger partial charge in [0.1, 0.15) is 5.75 Å². The minimum Gasteiger partial charge on any atom is -0.493 e. The largest absolute Gasteiger partial charge is 0.493 e. The molecule has 1 nitrogen and oxygen atoms in total. The Bertz CT molecular complexity index is 297. The molecule has 1 aromatic rings. The fourth-order valence-electron chi connectivity index (χ4n) is 1.64. The summed E-state index contributed by atoms with van der Waals surface area (Å²) in [5.41, 5.74) is 1.31. The minimum absolute atomic E-state index is 0.527. The average molecular weight is 285 g/mol. The predicted molar refractivity (Wildman–Crippen MR) is 73.7 cm³/mol. The molecule has 2 heteroatoms. The van der Waals surface area contributed by atoms with Crippen LogP contribution in [0.2, 0.25) is 0 Å². The van der Waals surface area contributed by atoms with Crippen molar-refractivity contribution in [2.45, 2.75) is 39.0 Å². The molecule has 0 amide bonds. The van der Waals surface area contributed by atoms with E-state index in [0.717, 1.165) is 24.1 Å². The first-order valence-corrected chi connectivity index (χ1v) is 7.15. The second-order valence-corrected chi connectivity index (χ2v) is 5.08. The van der Waals surface area contributed by atoms with Crippen LogP contribution in [0, 0.1) is 0 Å². The number of benzene rings is 1. The van der Waals surface area contributed by atoms with Crippen molar-refractivity contribution in [2.24, 2.45) is 0 Å². The summed E-state index contributed by atoms with van der Waals surface area (Å²) in [5, 5.41) is 1.09. The molecular weight excluding hydrogens is 264 g/mol. The first-order valence-electron chi connectivity index (χ1n) is 6.03. The lowest BCUT2D eigenvalue weighted by Crippen LogP contribution is -2.01. The highest BCUT2D eigenvalue weighted by molar-refractivity contribution is 9.09. The molecule has 0 N–H and O–H groups in total. The van der Waals surface area contributed by atoms with E-state index < -0.39 is 0 Å². The van der Waals surface area contributed by atoms with Crippen LogP contribution < -0.4 is 4.74 Å². The lowest BCUT2D eigenvalue weighted by atomic mass is 10.0. The van der Waals surface area contributed by atoms with E-state index in [2.05, 4.69) is 48.0 Å². The molecule has 0 aromatic heterocycles. The number of hydrogen-bond donors (Lipinski definition) is 0. The number of unbranched alkanes of at least 4 members (excludes halogenated alkanes) is 2. The number of ether oxygens (including phenoxy) is 1. The van der Waals surface area contributed by atoms with Crippen molar-refractivity contribution in [3.63, 3.8) is 0 Å². The van der Waals surface area contributed by atoms with Crippen molar-refractivity contribution < 1.29 is 4.74 Å². The van der Waals surface area contributed by atoms with Crippen molar-refractivity contribution in [3.8, 4) is 5.75 Å². The third-order valence-corrected chi connectivity index (χ3v) is 3.14. The smallest absolute Gasteiger partial charge is 0.122 e. The Morgan fingerprint density at radius 3 is 2.56 bits per heavy atom. The van der Waals surface area contributed by atoms with Gasteiger partial charge in [0.15, 0.2) is 0 Å². The van der Waals surface area contributed by atoms with E-state index in [1.165, 1.54) is 18.4 Å². The highest BCUT2D eigenvalue weighted by Gasteiger charge is 2.05. The molecule has 0 saturated carbocycles. The van der Waals surface area contributed by atoms with E-state index in [0.29, 0.717) is 5.92 Å². The number of hydrogen-bond acceptors (Lipinski definition) is 1. The molecule has 0 aliphatic heterocycles. The van der Waals surface area contributed by atoms with Gasteiger partial charge in [0, 0.05) is 5.33 Å². The van der Waals surface area contributed by atoms with E-state index in [1.807, 2.05) is 6.07 Å². The summed E-state index contributed by atoms with van der Waals surface area (Å²) in [4.78, 5) is 0. The summed E-state index contributed by atoms with van der Waals surface area (Å²) in [7, 11) is 0. The van der Waals surface area contributed by atoms with Gasteiger partial charge in [-0.15, -0.1) is 0 Å². The summed E-state index contributed by atoms with van der Waals surface area (Å²) in [6.07, 6.45) is 3.60. The van der Waals surface area contributed by atoms with Crippen molar-refractivity contribution in [1.29, 1.82) is 0 Å². The number of rotatable bonds is 7. The molecule has 0 unspecified atom stereocenters. The fourth-order valence-corrected chi connectivity index (χ4v) is 2.04. The molecule has 16 heavy (non-hydrogen) atoms. The van der Waals surface area contributed by atoms with Crippen molar-refractivity contribution in [2.75, 3.05) is 11.9 Å². The standard InChI is InChI=1S/C14H21BrO/c1-12(2)13-8-4-5-9-14(13)16-11-7-3-6-10-15/h4-5,8-9,12H,3,6-7,10-11H2,1-2H3. The number of para-hydroxylation sites is 1. The van der Waals surface area contributed by atoms with Gasteiger partial charge in [-0.1, -0.05) is 48.0 Å². The molecule has 1 aromatic carbocycles. The van der Waals surface area contributed by atoms with E-state index in [9.17, 15) is 0 Å². The molecule has 0 atom stereocenters. The molecule has 0 bridgehead atoms. The van der Waals surface area contributed by atoms with Crippen LogP contribution >= 0.6 is 15.9 Å². The SMILES string of the molecule is CC(C)c1ccccc1OCCCCCBr. The van der Waals surface area contributed by atoms with Crippen LogP contribution in [0.1, 0.15) is 44.6 Å². The lowest BCUT2D eigenvalue weighted by Gasteiger charge is -2.13. The highest BCUT2D eigenvalue weighted by Crippen LogP contribution is 2.25. The summed E-state index contributed by atoms with van der Waals surface area (Å²) in [6, 6.07) is 8.34. The van der Waals surface area contributed by atoms with Gasteiger partial charge in [0.05, 0.1) is 6.61 Å². The Balaban J connectivity index is 2.41. The van der Waals surface area contributed by atoms with Crippen LogP contribution in [-0.4, -0.2) is 11.9 Å². The third kappa shape index (κ3) is 4.56. The topological polar surface area (TPSA) is 9.23 Å². The Kier molecular flexibility index (Phi) is 6.55. The number of halogens is 1.